The van der Waals surface area contributed by atoms with Gasteiger partial charge in [-0.15, -0.1) is 0 Å². The van der Waals surface area contributed by atoms with Gasteiger partial charge in [0.05, 0.1) is 19.3 Å². The Hall–Kier alpha value is -0.120. The monoisotopic (exact) mass is 212 g/mol. The smallest absolute Gasteiger partial charge is 0.0645 e. The molecular weight excluding hydrogens is 188 g/mol. The number of rotatable bonds is 4. The topological polar surface area (TPSA) is 24.5 Å². The molecule has 0 spiro atoms. The molecule has 2 unspecified atom stereocenters. The lowest BCUT2D eigenvalue weighted by Gasteiger charge is -2.41. The summed E-state index contributed by atoms with van der Waals surface area (Å²) in [5.74, 6) is 0.826. The van der Waals surface area contributed by atoms with Crippen LogP contribution < -0.4 is 5.32 Å². The van der Waals surface area contributed by atoms with Crippen molar-refractivity contribution in [2.75, 3.05) is 26.3 Å². The highest BCUT2D eigenvalue weighted by atomic mass is 16.5. The van der Waals surface area contributed by atoms with Crippen LogP contribution in [0.5, 0.6) is 0 Å². The fraction of sp³-hybridized carbons (Fsp3) is 1.00. The summed E-state index contributed by atoms with van der Waals surface area (Å²) >= 11 is 0. The third-order valence-electron chi connectivity index (χ3n) is 3.85. The number of nitrogens with one attached hydrogen (secondary N) is 1. The molecule has 0 aromatic rings. The van der Waals surface area contributed by atoms with Gasteiger partial charge in [-0.2, -0.15) is 0 Å². The predicted molar refractivity (Wildman–Crippen MR) is 62.0 cm³/mol. The Morgan fingerprint density at radius 1 is 1.40 bits per heavy atom. The number of ether oxygens (including phenoxy) is 1. The summed E-state index contributed by atoms with van der Waals surface area (Å²) in [6.45, 7) is 11.2. The Labute approximate surface area is 93.2 Å². The Balaban J connectivity index is 1.87. The molecular formula is C12H24N2O. The molecule has 0 radical (unpaired) electrons. The van der Waals surface area contributed by atoms with Crippen LogP contribution in [0.3, 0.4) is 0 Å². The van der Waals surface area contributed by atoms with Gasteiger partial charge in [0.1, 0.15) is 0 Å². The van der Waals surface area contributed by atoms with Gasteiger partial charge in [0, 0.05) is 18.6 Å². The van der Waals surface area contributed by atoms with Gasteiger partial charge >= 0.3 is 0 Å². The van der Waals surface area contributed by atoms with Crippen LogP contribution in [0.25, 0.3) is 0 Å². The van der Waals surface area contributed by atoms with Crippen molar-refractivity contribution in [2.45, 2.75) is 45.3 Å². The van der Waals surface area contributed by atoms with Crippen LogP contribution in [0.2, 0.25) is 0 Å². The Bertz CT molecular complexity index is 204. The largest absolute Gasteiger partial charge is 0.378 e. The normalized spacial score (nSPS) is 32.6. The summed E-state index contributed by atoms with van der Waals surface area (Å²) in [4.78, 5) is 2.60. The molecule has 0 bridgehead atoms. The molecule has 2 aliphatic rings. The molecule has 2 atom stereocenters. The lowest BCUT2D eigenvalue weighted by molar-refractivity contribution is -0.0780. The first-order valence-electron chi connectivity index (χ1n) is 6.25. The summed E-state index contributed by atoms with van der Waals surface area (Å²) in [6, 6.07) is 1.99. The first-order chi connectivity index (χ1) is 7.18. The van der Waals surface area contributed by atoms with Gasteiger partial charge < -0.3 is 10.1 Å². The first-order valence-corrected chi connectivity index (χ1v) is 6.25. The average Bonchev–Trinajstić information content (AvgIpc) is 2.47. The second-order valence-corrected chi connectivity index (χ2v) is 5.31. The molecule has 2 heterocycles. The van der Waals surface area contributed by atoms with Crippen molar-refractivity contribution < 1.29 is 4.74 Å². The molecule has 2 rings (SSSR count). The molecule has 2 saturated heterocycles. The minimum Gasteiger partial charge on any atom is -0.378 e. The van der Waals surface area contributed by atoms with E-state index < -0.39 is 0 Å². The van der Waals surface area contributed by atoms with E-state index >= 15 is 0 Å². The maximum atomic E-state index is 5.30. The van der Waals surface area contributed by atoms with E-state index in [9.17, 15) is 0 Å². The average molecular weight is 212 g/mol. The minimum atomic E-state index is 0.633. The zero-order valence-corrected chi connectivity index (χ0v) is 10.2. The van der Waals surface area contributed by atoms with E-state index in [2.05, 4.69) is 31.0 Å². The second-order valence-electron chi connectivity index (χ2n) is 5.31. The van der Waals surface area contributed by atoms with Gasteiger partial charge in [0.25, 0.3) is 0 Å². The van der Waals surface area contributed by atoms with Crippen LogP contribution in [0.15, 0.2) is 0 Å². The van der Waals surface area contributed by atoms with Crippen molar-refractivity contribution in [2.24, 2.45) is 5.92 Å². The highest BCUT2D eigenvalue weighted by Crippen LogP contribution is 2.20. The van der Waals surface area contributed by atoms with E-state index in [0.29, 0.717) is 18.1 Å². The maximum Gasteiger partial charge on any atom is 0.0645 e. The Morgan fingerprint density at radius 3 is 2.53 bits per heavy atom. The maximum absolute atomic E-state index is 5.30. The van der Waals surface area contributed by atoms with Crippen LogP contribution in [0.4, 0.5) is 0 Å². The van der Waals surface area contributed by atoms with Crippen molar-refractivity contribution in [1.82, 2.24) is 10.2 Å². The summed E-state index contributed by atoms with van der Waals surface area (Å²) in [5.41, 5.74) is 0. The zero-order chi connectivity index (χ0) is 10.8. The van der Waals surface area contributed by atoms with E-state index in [1.54, 1.807) is 0 Å². The molecule has 15 heavy (non-hydrogen) atoms. The molecule has 0 aliphatic carbocycles. The van der Waals surface area contributed by atoms with E-state index in [1.807, 2.05) is 0 Å². The molecule has 0 amide bonds. The predicted octanol–water partition coefficient (Wildman–Crippen LogP) is 1.09. The quantitative estimate of drug-likeness (QED) is 0.755. The van der Waals surface area contributed by atoms with E-state index in [4.69, 9.17) is 4.74 Å². The molecule has 2 fully saturated rings. The molecule has 0 aromatic carbocycles. The molecule has 0 aromatic heterocycles. The lowest BCUT2D eigenvalue weighted by Crippen LogP contribution is -2.55. The second kappa shape index (κ2) is 4.81. The highest BCUT2D eigenvalue weighted by molar-refractivity contribution is 4.88. The van der Waals surface area contributed by atoms with Crippen LogP contribution in [-0.2, 0) is 4.74 Å². The Kier molecular flexibility index (Phi) is 3.65. The zero-order valence-electron chi connectivity index (χ0n) is 10.2. The molecule has 1 N–H and O–H groups in total. The van der Waals surface area contributed by atoms with Crippen LogP contribution >= 0.6 is 0 Å². The SMILES string of the molecule is CC1CCNC1CN(C(C)C)C1COC1. The highest BCUT2D eigenvalue weighted by Gasteiger charge is 2.32. The fourth-order valence-electron chi connectivity index (χ4n) is 2.57. The molecule has 0 saturated carbocycles. The summed E-state index contributed by atoms with van der Waals surface area (Å²) in [6.07, 6.45) is 1.33. The molecule has 88 valence electrons. The molecule has 3 heteroatoms. The third kappa shape index (κ3) is 2.52. The standard InChI is InChI=1S/C12H24N2O/c1-9(2)14(11-7-15-8-11)6-12-10(3)4-5-13-12/h9-13H,4-8H2,1-3H3. The minimum absolute atomic E-state index is 0.633. The van der Waals surface area contributed by atoms with Crippen LogP contribution in [-0.4, -0.2) is 49.3 Å². The fourth-order valence-corrected chi connectivity index (χ4v) is 2.57. The van der Waals surface area contributed by atoms with Gasteiger partial charge in [0.15, 0.2) is 0 Å². The summed E-state index contributed by atoms with van der Waals surface area (Å²) in [5, 5.41) is 3.61. The third-order valence-corrected chi connectivity index (χ3v) is 3.85. The van der Waals surface area contributed by atoms with E-state index in [1.165, 1.54) is 19.5 Å². The van der Waals surface area contributed by atoms with Gasteiger partial charge in [-0.3, -0.25) is 4.90 Å². The first kappa shape index (κ1) is 11.4. The summed E-state index contributed by atoms with van der Waals surface area (Å²) in [7, 11) is 0. The van der Waals surface area contributed by atoms with E-state index in [0.717, 1.165) is 19.1 Å². The van der Waals surface area contributed by atoms with Gasteiger partial charge in [-0.25, -0.2) is 0 Å². The summed E-state index contributed by atoms with van der Waals surface area (Å²) < 4.78 is 5.30. The van der Waals surface area contributed by atoms with Crippen molar-refractivity contribution in [3.63, 3.8) is 0 Å². The van der Waals surface area contributed by atoms with Crippen LogP contribution in [0, 0.1) is 5.92 Å². The van der Waals surface area contributed by atoms with Gasteiger partial charge in [0.2, 0.25) is 0 Å². The van der Waals surface area contributed by atoms with Crippen LogP contribution in [0.1, 0.15) is 27.2 Å². The number of hydrogen-bond donors (Lipinski definition) is 1. The number of hydrogen-bond acceptors (Lipinski definition) is 3. The van der Waals surface area contributed by atoms with Crippen molar-refractivity contribution in [3.05, 3.63) is 0 Å². The van der Waals surface area contributed by atoms with Crippen molar-refractivity contribution in [3.8, 4) is 0 Å². The van der Waals surface area contributed by atoms with Gasteiger partial charge in [-0.05, 0) is 32.7 Å². The van der Waals surface area contributed by atoms with Crippen molar-refractivity contribution >= 4 is 0 Å². The Morgan fingerprint density at radius 2 is 2.13 bits per heavy atom. The molecule has 2 aliphatic heterocycles. The van der Waals surface area contributed by atoms with Crippen molar-refractivity contribution in [1.29, 1.82) is 0 Å². The molecule has 3 nitrogen and oxygen atoms in total. The van der Waals surface area contributed by atoms with Gasteiger partial charge in [-0.1, -0.05) is 6.92 Å². The number of nitrogens with zero attached hydrogens (tertiary/aromatic N) is 1. The van der Waals surface area contributed by atoms with E-state index in [-0.39, 0.29) is 0 Å². The lowest BCUT2D eigenvalue weighted by atomic mass is 10.0.